The van der Waals surface area contributed by atoms with Gasteiger partial charge in [0.1, 0.15) is 0 Å². The number of hydrogen-bond acceptors (Lipinski definition) is 5. The molecule has 0 aromatic rings. The minimum Gasteiger partial charge on any atom is -0.379 e. The number of sulfonamides is 1. The molecule has 1 unspecified atom stereocenters. The van der Waals surface area contributed by atoms with Crippen molar-refractivity contribution < 1.29 is 13.2 Å². The van der Waals surface area contributed by atoms with Crippen LogP contribution >= 0.6 is 24.0 Å². The summed E-state index contributed by atoms with van der Waals surface area (Å²) in [6.45, 7) is 9.33. The molecule has 1 N–H and O–H groups in total. The largest absolute Gasteiger partial charge is 0.379 e. The van der Waals surface area contributed by atoms with Crippen LogP contribution < -0.4 is 5.32 Å². The van der Waals surface area contributed by atoms with E-state index >= 15 is 0 Å². The molecule has 2 saturated heterocycles. The molecule has 26 heavy (non-hydrogen) atoms. The third-order valence-corrected chi connectivity index (χ3v) is 6.30. The van der Waals surface area contributed by atoms with Crippen LogP contribution in [0.2, 0.25) is 0 Å². The van der Waals surface area contributed by atoms with Gasteiger partial charge in [-0.15, -0.1) is 24.0 Å². The lowest BCUT2D eigenvalue weighted by atomic mass is 10.2. The van der Waals surface area contributed by atoms with Crippen LogP contribution in [0.15, 0.2) is 4.99 Å². The first-order chi connectivity index (χ1) is 12.0. The van der Waals surface area contributed by atoms with Crippen molar-refractivity contribution in [2.24, 2.45) is 4.99 Å². The first kappa shape index (κ1) is 23.9. The zero-order chi connectivity index (χ0) is 18.3. The van der Waals surface area contributed by atoms with Crippen LogP contribution in [-0.4, -0.2) is 107 Å². The van der Waals surface area contributed by atoms with Gasteiger partial charge < -0.3 is 15.0 Å². The molecule has 154 valence electrons. The number of guanidine groups is 1. The summed E-state index contributed by atoms with van der Waals surface area (Å²) >= 11 is 0. The van der Waals surface area contributed by atoms with E-state index < -0.39 is 10.0 Å². The summed E-state index contributed by atoms with van der Waals surface area (Å²) in [5, 5.41) is 3.38. The summed E-state index contributed by atoms with van der Waals surface area (Å²) in [5.74, 6) is 0.915. The topological polar surface area (TPSA) is 77.5 Å². The Balaban J connectivity index is 0.00000338. The Morgan fingerprint density at radius 1 is 1.31 bits per heavy atom. The Hall–Kier alpha value is -0.170. The van der Waals surface area contributed by atoms with Gasteiger partial charge in [0.2, 0.25) is 10.0 Å². The van der Waals surface area contributed by atoms with Crippen LogP contribution in [0, 0.1) is 0 Å². The third-order valence-electron chi connectivity index (χ3n) is 4.93. The van der Waals surface area contributed by atoms with Crippen molar-refractivity contribution in [3.05, 3.63) is 0 Å². The predicted octanol–water partition coefficient (Wildman–Crippen LogP) is 0.258. The molecule has 0 spiro atoms. The molecule has 2 heterocycles. The van der Waals surface area contributed by atoms with Gasteiger partial charge in [-0.1, -0.05) is 6.92 Å². The molecular formula is C16H34IN5O3S. The van der Waals surface area contributed by atoms with Crippen LogP contribution in [0.4, 0.5) is 0 Å². The zero-order valence-corrected chi connectivity index (χ0v) is 19.3. The average Bonchev–Trinajstić information content (AvgIpc) is 3.07. The highest BCUT2D eigenvalue weighted by Gasteiger charge is 2.30. The lowest BCUT2D eigenvalue weighted by Crippen LogP contribution is -2.47. The van der Waals surface area contributed by atoms with Crippen LogP contribution in [0.3, 0.4) is 0 Å². The van der Waals surface area contributed by atoms with Crippen molar-refractivity contribution in [2.45, 2.75) is 25.8 Å². The van der Waals surface area contributed by atoms with Crippen molar-refractivity contribution in [3.8, 4) is 0 Å². The van der Waals surface area contributed by atoms with E-state index in [1.54, 1.807) is 7.05 Å². The minimum absolute atomic E-state index is 0. The van der Waals surface area contributed by atoms with E-state index in [0.717, 1.165) is 64.7 Å². The average molecular weight is 503 g/mol. The molecule has 2 aliphatic heterocycles. The molecule has 0 aromatic heterocycles. The van der Waals surface area contributed by atoms with Crippen molar-refractivity contribution in [1.82, 2.24) is 19.4 Å². The zero-order valence-electron chi connectivity index (χ0n) is 16.2. The van der Waals surface area contributed by atoms with Crippen LogP contribution in [0.5, 0.6) is 0 Å². The molecule has 2 fully saturated rings. The summed E-state index contributed by atoms with van der Waals surface area (Å²) in [6, 6.07) is 0.572. The van der Waals surface area contributed by atoms with E-state index in [1.165, 1.54) is 10.6 Å². The second kappa shape index (κ2) is 11.6. The molecule has 2 rings (SSSR count). The molecule has 2 aliphatic rings. The van der Waals surface area contributed by atoms with E-state index in [9.17, 15) is 8.42 Å². The Kier molecular flexibility index (Phi) is 10.7. The van der Waals surface area contributed by atoms with E-state index in [4.69, 9.17) is 4.74 Å². The lowest BCUT2D eigenvalue weighted by Gasteiger charge is -2.32. The van der Waals surface area contributed by atoms with Gasteiger partial charge in [-0.3, -0.25) is 9.89 Å². The van der Waals surface area contributed by atoms with Crippen molar-refractivity contribution in [2.75, 3.05) is 72.3 Å². The van der Waals surface area contributed by atoms with Gasteiger partial charge in [0.05, 0.1) is 19.5 Å². The monoisotopic (exact) mass is 503 g/mol. The molecule has 0 aromatic carbocycles. The van der Waals surface area contributed by atoms with Gasteiger partial charge in [-0.25, -0.2) is 12.7 Å². The van der Waals surface area contributed by atoms with E-state index in [0.29, 0.717) is 19.1 Å². The van der Waals surface area contributed by atoms with Crippen molar-refractivity contribution in [3.63, 3.8) is 0 Å². The highest BCUT2D eigenvalue weighted by molar-refractivity contribution is 14.0. The number of likely N-dealkylation sites (tertiary alicyclic amines) is 1. The number of halogens is 1. The highest BCUT2D eigenvalue weighted by Crippen LogP contribution is 2.17. The number of ether oxygens (including phenoxy) is 1. The lowest BCUT2D eigenvalue weighted by molar-refractivity contribution is 0.0195. The maximum atomic E-state index is 11.6. The quantitative estimate of drug-likeness (QED) is 0.233. The predicted molar refractivity (Wildman–Crippen MR) is 116 cm³/mol. The van der Waals surface area contributed by atoms with E-state index in [-0.39, 0.29) is 24.0 Å². The summed E-state index contributed by atoms with van der Waals surface area (Å²) in [6.07, 6.45) is 3.18. The molecule has 0 amide bonds. The summed E-state index contributed by atoms with van der Waals surface area (Å²) < 4.78 is 30.1. The maximum absolute atomic E-state index is 11.6. The van der Waals surface area contributed by atoms with Crippen molar-refractivity contribution in [1.29, 1.82) is 0 Å². The molecule has 1 atom stereocenters. The van der Waals surface area contributed by atoms with Gasteiger partial charge in [0, 0.05) is 58.9 Å². The Bertz CT molecular complexity index is 540. The van der Waals surface area contributed by atoms with Crippen LogP contribution in [0.25, 0.3) is 0 Å². The van der Waals surface area contributed by atoms with E-state index in [2.05, 4.69) is 20.1 Å². The summed E-state index contributed by atoms with van der Waals surface area (Å²) in [7, 11) is -1.30. The first-order valence-corrected chi connectivity index (χ1v) is 11.0. The van der Waals surface area contributed by atoms with Gasteiger partial charge in [-0.2, -0.15) is 0 Å². The van der Waals surface area contributed by atoms with E-state index in [1.807, 2.05) is 6.92 Å². The third kappa shape index (κ3) is 7.10. The standard InChI is InChI=1S/C16H33N5O3S.HI/c1-4-21(25(3,22)23)8-5-7-18-16(17-2)20-9-6-15(14-20)19-10-12-24-13-11-19;/h15H,4-14H2,1-3H3,(H,17,18);1H. The smallest absolute Gasteiger partial charge is 0.211 e. The number of nitrogens with zero attached hydrogens (tertiary/aromatic N) is 4. The van der Waals surface area contributed by atoms with Crippen molar-refractivity contribution >= 4 is 40.0 Å². The fourth-order valence-electron chi connectivity index (χ4n) is 3.52. The number of nitrogens with one attached hydrogen (secondary N) is 1. The van der Waals surface area contributed by atoms with Gasteiger partial charge >= 0.3 is 0 Å². The Morgan fingerprint density at radius 2 is 2.00 bits per heavy atom. The van der Waals surface area contributed by atoms with Crippen LogP contribution in [0.1, 0.15) is 19.8 Å². The second-order valence-corrected chi connectivity index (χ2v) is 8.60. The normalized spacial score (nSPS) is 22.5. The number of hydrogen-bond donors (Lipinski definition) is 1. The molecular weight excluding hydrogens is 469 g/mol. The van der Waals surface area contributed by atoms with Gasteiger partial charge in [0.15, 0.2) is 5.96 Å². The van der Waals surface area contributed by atoms with Crippen LogP contribution in [-0.2, 0) is 14.8 Å². The summed E-state index contributed by atoms with van der Waals surface area (Å²) in [5.41, 5.74) is 0. The SMILES string of the molecule is CCN(CCCNC(=NC)N1CCC(N2CCOCC2)C1)S(C)(=O)=O.I. The van der Waals surface area contributed by atoms with Gasteiger partial charge in [0.25, 0.3) is 0 Å². The molecule has 0 aliphatic carbocycles. The first-order valence-electron chi connectivity index (χ1n) is 9.18. The Morgan fingerprint density at radius 3 is 2.58 bits per heavy atom. The van der Waals surface area contributed by atoms with Gasteiger partial charge in [-0.05, 0) is 12.8 Å². The maximum Gasteiger partial charge on any atom is 0.211 e. The molecule has 0 saturated carbocycles. The number of rotatable bonds is 7. The highest BCUT2D eigenvalue weighted by atomic mass is 127. The number of morpholine rings is 1. The minimum atomic E-state index is -3.11. The fraction of sp³-hybridized carbons (Fsp3) is 0.938. The second-order valence-electron chi connectivity index (χ2n) is 6.62. The molecule has 0 bridgehead atoms. The molecule has 10 heteroatoms. The Labute approximate surface area is 175 Å². The molecule has 0 radical (unpaired) electrons. The summed E-state index contributed by atoms with van der Waals surface area (Å²) in [4.78, 5) is 9.21. The molecule has 8 nitrogen and oxygen atoms in total. The number of aliphatic imine (C=N–C) groups is 1. The fourth-order valence-corrected chi connectivity index (χ4v) is 4.45.